The molecule has 2 saturated heterocycles. The van der Waals surface area contributed by atoms with Crippen LogP contribution in [0.15, 0.2) is 41.8 Å². The van der Waals surface area contributed by atoms with Gasteiger partial charge in [-0.15, -0.1) is 10.2 Å². The van der Waals surface area contributed by atoms with E-state index >= 15 is 0 Å². The van der Waals surface area contributed by atoms with Crippen LogP contribution in [-0.2, 0) is 6.54 Å². The maximum Gasteiger partial charge on any atom is 0.252 e. The zero-order chi connectivity index (χ0) is 25.7. The Kier molecular flexibility index (Phi) is 6.61. The smallest absolute Gasteiger partial charge is 0.252 e. The van der Waals surface area contributed by atoms with Gasteiger partial charge in [0.15, 0.2) is 0 Å². The molecule has 38 heavy (non-hydrogen) atoms. The van der Waals surface area contributed by atoms with Crippen molar-refractivity contribution < 1.29 is 4.79 Å². The second kappa shape index (κ2) is 10.1. The summed E-state index contributed by atoms with van der Waals surface area (Å²) in [6.45, 7) is 6.66. The van der Waals surface area contributed by atoms with E-state index in [2.05, 4.69) is 63.3 Å². The first-order chi connectivity index (χ1) is 18.6. The fraction of sp³-hybridized carbons (Fsp3) is 0.562. The SMILES string of the molecule is C[C@@H](NC(=O)c1c2c(nc3ccccc13)C1=CC=CS13CC(N1CCCCC1)CCN3C2)C1CCCCC1. The number of para-hydroxylation sites is 1. The van der Waals surface area contributed by atoms with Crippen LogP contribution in [0.25, 0.3) is 15.8 Å². The van der Waals surface area contributed by atoms with Crippen LogP contribution >= 0.6 is 10.2 Å². The molecule has 1 saturated carbocycles. The number of fused-ring (bicyclic) bond motifs is 3. The number of carbonyl (C=O) groups is 1. The lowest BCUT2D eigenvalue weighted by atomic mass is 9.84. The van der Waals surface area contributed by atoms with Crippen molar-refractivity contribution in [2.45, 2.75) is 83.3 Å². The average molecular weight is 531 g/mol. The van der Waals surface area contributed by atoms with Gasteiger partial charge in [0.1, 0.15) is 0 Å². The molecule has 0 radical (unpaired) electrons. The van der Waals surface area contributed by atoms with Crippen LogP contribution in [0.2, 0.25) is 0 Å². The van der Waals surface area contributed by atoms with E-state index in [1.807, 2.05) is 0 Å². The second-order valence-corrected chi connectivity index (χ2v) is 15.2. The molecule has 1 spiro atoms. The second-order valence-electron chi connectivity index (χ2n) is 12.2. The molecule has 202 valence electrons. The molecule has 1 aromatic heterocycles. The van der Waals surface area contributed by atoms with E-state index in [1.54, 1.807) is 0 Å². The maximum atomic E-state index is 14.1. The van der Waals surface area contributed by atoms with Gasteiger partial charge in [0.25, 0.3) is 5.91 Å². The first-order valence-electron chi connectivity index (χ1n) is 15.1. The van der Waals surface area contributed by atoms with Crippen molar-refractivity contribution in [1.29, 1.82) is 0 Å². The molecule has 7 rings (SSSR count). The van der Waals surface area contributed by atoms with Crippen molar-refractivity contribution in [1.82, 2.24) is 19.5 Å². The van der Waals surface area contributed by atoms with Crippen LogP contribution in [0.4, 0.5) is 0 Å². The summed E-state index contributed by atoms with van der Waals surface area (Å²) in [6.07, 6.45) is 16.3. The van der Waals surface area contributed by atoms with Gasteiger partial charge in [0.2, 0.25) is 0 Å². The lowest BCUT2D eigenvalue weighted by molar-refractivity contribution is 0.0919. The Morgan fingerprint density at radius 3 is 2.66 bits per heavy atom. The summed E-state index contributed by atoms with van der Waals surface area (Å²) in [5.41, 5.74) is 4.05. The maximum absolute atomic E-state index is 14.1. The van der Waals surface area contributed by atoms with Crippen LogP contribution in [0.3, 0.4) is 0 Å². The number of pyridine rings is 1. The third-order valence-corrected chi connectivity index (χ3v) is 13.8. The molecular formula is C32H42N4OS. The number of aromatic nitrogens is 1. The quantitative estimate of drug-likeness (QED) is 0.484. The van der Waals surface area contributed by atoms with E-state index in [-0.39, 0.29) is 11.9 Å². The molecule has 2 aromatic rings. The number of hydrogen-bond acceptors (Lipinski definition) is 4. The predicted octanol–water partition coefficient (Wildman–Crippen LogP) is 6.60. The van der Waals surface area contributed by atoms with Crippen LogP contribution in [-0.4, -0.2) is 57.6 Å². The Bertz CT molecular complexity index is 1290. The van der Waals surface area contributed by atoms with Crippen LogP contribution in [0, 0.1) is 5.92 Å². The normalized spacial score (nSPS) is 30.6. The molecular weight excluding hydrogens is 488 g/mol. The van der Waals surface area contributed by atoms with Crippen molar-refractivity contribution >= 4 is 31.9 Å². The summed E-state index contributed by atoms with van der Waals surface area (Å²) in [5.74, 6) is 1.89. The number of nitrogens with zero attached hydrogens (tertiary/aromatic N) is 3. The molecule has 1 aliphatic carbocycles. The van der Waals surface area contributed by atoms with Gasteiger partial charge in [-0.2, -0.15) is 0 Å². The van der Waals surface area contributed by atoms with Crippen molar-refractivity contribution in [2.75, 3.05) is 25.4 Å². The summed E-state index contributed by atoms with van der Waals surface area (Å²) in [5, 5.41) is 6.98. The van der Waals surface area contributed by atoms with Gasteiger partial charge < -0.3 is 5.32 Å². The van der Waals surface area contributed by atoms with E-state index in [0.29, 0.717) is 12.0 Å². The summed E-state index contributed by atoms with van der Waals surface area (Å²) in [7, 11) is -1.23. The number of nitrogens with one attached hydrogen (secondary N) is 1. The van der Waals surface area contributed by atoms with Gasteiger partial charge in [-0.05, 0) is 75.6 Å². The van der Waals surface area contributed by atoms with Gasteiger partial charge in [-0.1, -0.05) is 50.0 Å². The average Bonchev–Trinajstić information content (AvgIpc) is 3.39. The topological polar surface area (TPSA) is 48.5 Å². The lowest BCUT2D eigenvalue weighted by Gasteiger charge is -2.56. The molecule has 0 bridgehead atoms. The minimum atomic E-state index is -1.23. The zero-order valence-electron chi connectivity index (χ0n) is 22.8. The van der Waals surface area contributed by atoms with E-state index in [4.69, 9.17) is 4.98 Å². The number of benzene rings is 1. The Morgan fingerprint density at radius 1 is 1.03 bits per heavy atom. The Balaban J connectivity index is 1.27. The highest BCUT2D eigenvalue weighted by molar-refractivity contribution is 8.41. The van der Waals surface area contributed by atoms with E-state index in [9.17, 15) is 4.79 Å². The van der Waals surface area contributed by atoms with Crippen molar-refractivity contribution in [2.24, 2.45) is 5.92 Å². The molecule has 1 aromatic carbocycles. The van der Waals surface area contributed by atoms with E-state index in [1.165, 1.54) is 81.5 Å². The zero-order valence-corrected chi connectivity index (χ0v) is 23.6. The molecule has 1 amide bonds. The van der Waals surface area contributed by atoms with Gasteiger partial charge in [-0.3, -0.25) is 14.0 Å². The molecule has 4 aliphatic heterocycles. The summed E-state index contributed by atoms with van der Waals surface area (Å²) in [4.78, 5) is 23.6. The van der Waals surface area contributed by atoms with Crippen molar-refractivity contribution in [3.05, 3.63) is 58.6 Å². The minimum Gasteiger partial charge on any atom is -0.349 e. The highest BCUT2D eigenvalue weighted by atomic mass is 32.3. The molecule has 2 unspecified atom stereocenters. The molecule has 1 N–H and O–H groups in total. The fourth-order valence-corrected chi connectivity index (χ4v) is 11.9. The van der Waals surface area contributed by atoms with E-state index in [0.717, 1.165) is 40.8 Å². The summed E-state index contributed by atoms with van der Waals surface area (Å²) in [6, 6.07) is 9.16. The van der Waals surface area contributed by atoms with Crippen molar-refractivity contribution in [3.63, 3.8) is 0 Å². The molecule has 3 atom stereocenters. The molecule has 6 heteroatoms. The number of piperidine rings is 1. The highest BCUT2D eigenvalue weighted by Gasteiger charge is 2.47. The molecule has 3 fully saturated rings. The van der Waals surface area contributed by atoms with Gasteiger partial charge in [0, 0.05) is 46.8 Å². The number of rotatable bonds is 4. The molecule has 5 nitrogen and oxygen atoms in total. The van der Waals surface area contributed by atoms with Crippen molar-refractivity contribution in [3.8, 4) is 0 Å². The van der Waals surface area contributed by atoms with Crippen LogP contribution in [0.1, 0.15) is 86.3 Å². The number of likely N-dealkylation sites (tertiary alicyclic amines) is 1. The first kappa shape index (κ1) is 24.9. The summed E-state index contributed by atoms with van der Waals surface area (Å²) < 4.78 is 2.74. The predicted molar refractivity (Wildman–Crippen MR) is 159 cm³/mol. The Labute approximate surface area is 229 Å². The summed E-state index contributed by atoms with van der Waals surface area (Å²) >= 11 is 0. The van der Waals surface area contributed by atoms with Crippen LogP contribution in [0.5, 0.6) is 0 Å². The standard InChI is InChI=1S/C32H42N4OS/c1-23(24-11-4-2-5-12-24)33-32(37)30-26-13-6-7-14-28(26)34-31-27(30)21-36-19-16-25(35-17-8-3-9-18-35)22-38(36)20-10-15-29(31)38/h6-7,10,13-15,20,23-25H,2-5,8-9,11-12,16-19,21-22H2,1H3,(H,33,37)/t23-,25?/m1/s1. The first-order valence-corrected chi connectivity index (χ1v) is 16.9. The number of allylic oxidation sites excluding steroid dienone is 2. The molecule has 5 aliphatic rings. The third kappa shape index (κ3) is 4.15. The Hall–Kier alpha value is -2.15. The van der Waals surface area contributed by atoms with Gasteiger partial charge in [-0.25, -0.2) is 4.98 Å². The monoisotopic (exact) mass is 530 g/mol. The van der Waals surface area contributed by atoms with E-state index < -0.39 is 10.2 Å². The van der Waals surface area contributed by atoms with Crippen LogP contribution < -0.4 is 5.32 Å². The number of amides is 1. The highest BCUT2D eigenvalue weighted by Crippen LogP contribution is 2.71. The third-order valence-electron chi connectivity index (χ3n) is 9.96. The Morgan fingerprint density at radius 2 is 1.82 bits per heavy atom. The number of hydrogen-bond donors (Lipinski definition) is 1. The number of carbonyl (C=O) groups excluding carboxylic acids is 1. The molecule has 5 heterocycles. The van der Waals surface area contributed by atoms with Gasteiger partial charge >= 0.3 is 0 Å². The lowest BCUT2D eigenvalue weighted by Crippen LogP contribution is -2.50. The van der Waals surface area contributed by atoms with Gasteiger partial charge in [0.05, 0.1) is 16.8 Å². The minimum absolute atomic E-state index is 0.0928. The largest absolute Gasteiger partial charge is 0.349 e. The fourth-order valence-electron chi connectivity index (χ4n) is 7.84.